The van der Waals surface area contributed by atoms with Gasteiger partial charge >= 0.3 is 5.69 Å². The zero-order valence-electron chi connectivity index (χ0n) is 19.8. The van der Waals surface area contributed by atoms with Gasteiger partial charge in [0.15, 0.2) is 0 Å². The molecule has 1 aliphatic carbocycles. The number of fused-ring (bicyclic) bond motifs is 1. The minimum absolute atomic E-state index is 0.241. The number of rotatable bonds is 9. The minimum Gasteiger partial charge on any atom is -0.380 e. The first-order valence-electron chi connectivity index (χ1n) is 12.2. The Morgan fingerprint density at radius 1 is 1.06 bits per heavy atom. The van der Waals surface area contributed by atoms with Crippen LogP contribution in [0.4, 0.5) is 0 Å². The van der Waals surface area contributed by atoms with Crippen molar-refractivity contribution < 1.29 is 14.3 Å². The van der Waals surface area contributed by atoms with E-state index in [4.69, 9.17) is 4.74 Å². The Kier molecular flexibility index (Phi) is 7.65. The van der Waals surface area contributed by atoms with Crippen molar-refractivity contribution in [3.05, 3.63) is 34.2 Å². The molecule has 1 aromatic carbocycles. The van der Waals surface area contributed by atoms with Gasteiger partial charge < -0.3 is 9.64 Å². The Hall–Kier alpha value is -2.45. The summed E-state index contributed by atoms with van der Waals surface area (Å²) in [5.41, 5.74) is 2.35. The molecule has 2 aromatic rings. The number of amides is 2. The third-order valence-corrected chi connectivity index (χ3v) is 7.12. The zero-order valence-corrected chi connectivity index (χ0v) is 19.8. The Morgan fingerprint density at radius 3 is 2.61 bits per heavy atom. The molecule has 4 rings (SSSR count). The Morgan fingerprint density at radius 2 is 1.85 bits per heavy atom. The predicted octanol–water partition coefficient (Wildman–Crippen LogP) is 2.39. The first kappa shape index (κ1) is 23.7. The van der Waals surface area contributed by atoms with E-state index < -0.39 is 11.9 Å². The van der Waals surface area contributed by atoms with E-state index in [2.05, 4.69) is 17.3 Å². The summed E-state index contributed by atoms with van der Waals surface area (Å²) in [4.78, 5) is 39.0. The Bertz CT molecular complexity index is 1050. The Balaban J connectivity index is 1.31. The number of piperidine rings is 1. The lowest BCUT2D eigenvalue weighted by molar-refractivity contribution is -0.135. The number of hydrogen-bond donors (Lipinski definition) is 1. The van der Waals surface area contributed by atoms with Crippen molar-refractivity contribution in [1.82, 2.24) is 19.4 Å². The van der Waals surface area contributed by atoms with Gasteiger partial charge in [0.1, 0.15) is 6.04 Å². The normalized spacial score (nSPS) is 20.0. The zero-order chi connectivity index (χ0) is 23.4. The number of nitrogens with zero attached hydrogens (tertiary/aromatic N) is 3. The van der Waals surface area contributed by atoms with Crippen LogP contribution in [0, 0.1) is 5.92 Å². The number of likely N-dealkylation sites (N-methyl/N-ethyl adjacent to an activating group) is 1. The number of carbonyl (C=O) groups excluding carboxylic acids is 2. The summed E-state index contributed by atoms with van der Waals surface area (Å²) in [6.45, 7) is 3.46. The summed E-state index contributed by atoms with van der Waals surface area (Å²) < 4.78 is 8.97. The van der Waals surface area contributed by atoms with Crippen LogP contribution < -0.4 is 11.0 Å². The highest BCUT2D eigenvalue weighted by Crippen LogP contribution is 2.25. The van der Waals surface area contributed by atoms with Gasteiger partial charge in [-0.15, -0.1) is 0 Å². The molecule has 1 unspecified atom stereocenters. The molecule has 0 spiro atoms. The van der Waals surface area contributed by atoms with Crippen LogP contribution in [0.1, 0.15) is 56.6 Å². The van der Waals surface area contributed by atoms with Crippen molar-refractivity contribution in [1.29, 1.82) is 0 Å². The molecule has 1 aromatic heterocycles. The number of nitrogens with one attached hydrogen (secondary N) is 1. The van der Waals surface area contributed by atoms with E-state index in [-0.39, 0.29) is 18.0 Å². The van der Waals surface area contributed by atoms with Gasteiger partial charge in [0.2, 0.25) is 11.8 Å². The van der Waals surface area contributed by atoms with Crippen LogP contribution >= 0.6 is 0 Å². The highest BCUT2D eigenvalue weighted by molar-refractivity contribution is 6.00. The molecule has 2 fully saturated rings. The lowest BCUT2D eigenvalue weighted by atomic mass is 9.89. The van der Waals surface area contributed by atoms with Gasteiger partial charge in [-0.1, -0.05) is 25.3 Å². The van der Waals surface area contributed by atoms with Crippen molar-refractivity contribution in [2.75, 3.05) is 33.4 Å². The summed E-state index contributed by atoms with van der Waals surface area (Å²) >= 11 is 0. The number of hydrogen-bond acceptors (Lipinski definition) is 5. The third kappa shape index (κ3) is 5.55. The van der Waals surface area contributed by atoms with E-state index >= 15 is 0 Å². The fourth-order valence-electron chi connectivity index (χ4n) is 5.21. The third-order valence-electron chi connectivity index (χ3n) is 7.12. The van der Waals surface area contributed by atoms with Crippen LogP contribution in [0.2, 0.25) is 0 Å². The molecule has 0 bridgehead atoms. The van der Waals surface area contributed by atoms with Gasteiger partial charge in [-0.2, -0.15) is 0 Å². The van der Waals surface area contributed by atoms with Gasteiger partial charge in [-0.3, -0.25) is 24.0 Å². The molecule has 2 amide bonds. The number of aryl methyl sites for hydroxylation is 1. The standard InChI is InChI=1S/C25H36N4O4/c1-27(17-19-6-4-3-5-7-19)13-15-33-14-12-18-8-9-20-22(16-18)28(2)25(32)29(20)21-10-11-23(30)26-24(21)31/h8-9,16,19,21H,3-7,10-15,17H2,1-2H3,(H,26,30,31). The molecule has 33 heavy (non-hydrogen) atoms. The van der Waals surface area contributed by atoms with E-state index in [9.17, 15) is 14.4 Å². The average Bonchev–Trinajstić information content (AvgIpc) is 3.04. The van der Waals surface area contributed by atoms with Crippen molar-refractivity contribution in [3.8, 4) is 0 Å². The SMILES string of the molecule is CN(CCOCCc1ccc2c(c1)n(C)c(=O)n2C1CCC(=O)NC1=O)CC1CCCCC1. The first-order chi connectivity index (χ1) is 15.9. The number of carbonyl (C=O) groups is 2. The molecule has 0 radical (unpaired) electrons. The summed E-state index contributed by atoms with van der Waals surface area (Å²) in [7, 11) is 3.90. The molecular weight excluding hydrogens is 420 g/mol. The largest absolute Gasteiger partial charge is 0.380 e. The highest BCUT2D eigenvalue weighted by Gasteiger charge is 2.31. The van der Waals surface area contributed by atoms with E-state index in [0.717, 1.165) is 43.1 Å². The second-order valence-corrected chi connectivity index (χ2v) is 9.63. The first-order valence-corrected chi connectivity index (χ1v) is 12.2. The van der Waals surface area contributed by atoms with Crippen LogP contribution in [0.15, 0.2) is 23.0 Å². The summed E-state index contributed by atoms with van der Waals surface area (Å²) in [5, 5.41) is 2.34. The maximum absolute atomic E-state index is 12.9. The van der Waals surface area contributed by atoms with E-state index in [1.165, 1.54) is 36.7 Å². The van der Waals surface area contributed by atoms with E-state index in [1.54, 1.807) is 11.6 Å². The molecule has 1 saturated heterocycles. The average molecular weight is 457 g/mol. The highest BCUT2D eigenvalue weighted by atomic mass is 16.5. The van der Waals surface area contributed by atoms with Gasteiger partial charge in [0, 0.05) is 26.6 Å². The van der Waals surface area contributed by atoms with Crippen LogP contribution in [0.3, 0.4) is 0 Å². The molecular formula is C25H36N4O4. The summed E-state index contributed by atoms with van der Waals surface area (Å²) in [6.07, 6.45) is 8.22. The summed E-state index contributed by atoms with van der Waals surface area (Å²) in [5.74, 6) is 0.147. The number of imide groups is 1. The monoisotopic (exact) mass is 456 g/mol. The quantitative estimate of drug-likeness (QED) is 0.463. The lowest BCUT2D eigenvalue weighted by Gasteiger charge is -2.26. The smallest absolute Gasteiger partial charge is 0.329 e. The molecule has 1 N–H and O–H groups in total. The van der Waals surface area contributed by atoms with Crippen LogP contribution in [-0.4, -0.2) is 59.2 Å². The lowest BCUT2D eigenvalue weighted by Crippen LogP contribution is -2.44. The maximum Gasteiger partial charge on any atom is 0.329 e. The fraction of sp³-hybridized carbons (Fsp3) is 0.640. The van der Waals surface area contributed by atoms with Gasteiger partial charge in [0.25, 0.3) is 0 Å². The van der Waals surface area contributed by atoms with Gasteiger partial charge in [-0.25, -0.2) is 4.79 Å². The second-order valence-electron chi connectivity index (χ2n) is 9.63. The van der Waals surface area contributed by atoms with E-state index in [1.807, 2.05) is 18.2 Å². The number of ether oxygens (including phenoxy) is 1. The molecule has 1 saturated carbocycles. The van der Waals surface area contributed by atoms with E-state index in [0.29, 0.717) is 18.5 Å². The molecule has 8 nitrogen and oxygen atoms in total. The van der Waals surface area contributed by atoms with Crippen molar-refractivity contribution in [2.45, 2.75) is 57.4 Å². The topological polar surface area (TPSA) is 85.6 Å². The van der Waals surface area contributed by atoms with Crippen molar-refractivity contribution >= 4 is 22.8 Å². The number of imidazole rings is 1. The van der Waals surface area contributed by atoms with Crippen LogP contribution in [0.25, 0.3) is 11.0 Å². The summed E-state index contributed by atoms with van der Waals surface area (Å²) in [6, 6.07) is 5.23. The molecule has 2 heterocycles. The van der Waals surface area contributed by atoms with Crippen molar-refractivity contribution in [2.24, 2.45) is 13.0 Å². The fourth-order valence-corrected chi connectivity index (χ4v) is 5.21. The Labute approximate surface area is 194 Å². The predicted molar refractivity (Wildman–Crippen MR) is 127 cm³/mol. The van der Waals surface area contributed by atoms with Crippen molar-refractivity contribution in [3.63, 3.8) is 0 Å². The maximum atomic E-state index is 12.9. The number of benzene rings is 1. The molecule has 1 atom stereocenters. The molecule has 1 aliphatic heterocycles. The molecule has 180 valence electrons. The van der Waals surface area contributed by atoms with Gasteiger partial charge in [-0.05, 0) is 56.3 Å². The van der Waals surface area contributed by atoms with Crippen LogP contribution in [0.5, 0.6) is 0 Å². The molecule has 8 heteroatoms. The minimum atomic E-state index is -0.654. The molecule has 2 aliphatic rings. The number of aromatic nitrogens is 2. The van der Waals surface area contributed by atoms with Crippen LogP contribution in [-0.2, 0) is 27.8 Å². The van der Waals surface area contributed by atoms with Gasteiger partial charge in [0.05, 0.1) is 24.2 Å². The second kappa shape index (κ2) is 10.7.